The van der Waals surface area contributed by atoms with Crippen molar-refractivity contribution in [3.63, 3.8) is 0 Å². The second kappa shape index (κ2) is 8.83. The molecule has 3 rings (SSSR count). The van der Waals surface area contributed by atoms with Gasteiger partial charge in [0, 0.05) is 19.6 Å². The van der Waals surface area contributed by atoms with Crippen LogP contribution in [0.5, 0.6) is 0 Å². The maximum absolute atomic E-state index is 12.6. The van der Waals surface area contributed by atoms with Gasteiger partial charge in [0.1, 0.15) is 6.04 Å². The molecule has 2 fully saturated rings. The first-order valence-corrected chi connectivity index (χ1v) is 9.54. The van der Waals surface area contributed by atoms with E-state index in [1.165, 1.54) is 0 Å². The van der Waals surface area contributed by atoms with E-state index >= 15 is 0 Å². The van der Waals surface area contributed by atoms with Crippen LogP contribution in [0.1, 0.15) is 37.7 Å². The maximum atomic E-state index is 12.6. The Morgan fingerprint density at radius 3 is 2.38 bits per heavy atom. The van der Waals surface area contributed by atoms with E-state index in [9.17, 15) is 14.4 Å². The fraction of sp³-hybridized carbons (Fsp3) is 0.550. The van der Waals surface area contributed by atoms with Crippen LogP contribution in [0, 0.1) is 0 Å². The van der Waals surface area contributed by atoms with E-state index in [1.54, 1.807) is 4.90 Å². The van der Waals surface area contributed by atoms with Gasteiger partial charge in [0.2, 0.25) is 17.7 Å². The average molecular weight is 357 g/mol. The van der Waals surface area contributed by atoms with E-state index in [0.29, 0.717) is 19.4 Å². The summed E-state index contributed by atoms with van der Waals surface area (Å²) in [6.07, 6.45) is 5.01. The summed E-state index contributed by atoms with van der Waals surface area (Å²) in [5.74, 6) is -0.274. The molecule has 1 N–H and O–H groups in total. The summed E-state index contributed by atoms with van der Waals surface area (Å²) in [7, 11) is 0. The summed E-state index contributed by atoms with van der Waals surface area (Å²) >= 11 is 0. The Balaban J connectivity index is 1.51. The number of rotatable bonds is 5. The van der Waals surface area contributed by atoms with Gasteiger partial charge in [-0.25, -0.2) is 0 Å². The Morgan fingerprint density at radius 1 is 0.923 bits per heavy atom. The summed E-state index contributed by atoms with van der Waals surface area (Å²) in [5.41, 5.74) is 0.948. The average Bonchev–Trinajstić information content (AvgIpc) is 3.17. The third-order valence-corrected chi connectivity index (χ3v) is 5.20. The number of carbonyl (C=O) groups is 3. The van der Waals surface area contributed by atoms with Crippen molar-refractivity contribution < 1.29 is 14.4 Å². The number of likely N-dealkylation sites (tertiary alicyclic amines) is 2. The molecule has 2 heterocycles. The quantitative estimate of drug-likeness (QED) is 0.865. The van der Waals surface area contributed by atoms with Crippen molar-refractivity contribution in [3.8, 4) is 0 Å². The van der Waals surface area contributed by atoms with Crippen LogP contribution >= 0.6 is 0 Å². The smallest absolute Gasteiger partial charge is 0.243 e. The van der Waals surface area contributed by atoms with Gasteiger partial charge in [0.05, 0.1) is 13.0 Å². The van der Waals surface area contributed by atoms with E-state index in [0.717, 1.165) is 44.3 Å². The van der Waals surface area contributed by atoms with Crippen LogP contribution in [-0.4, -0.2) is 59.7 Å². The van der Waals surface area contributed by atoms with Crippen molar-refractivity contribution in [2.45, 2.75) is 44.6 Å². The highest BCUT2D eigenvalue weighted by atomic mass is 16.2. The lowest BCUT2D eigenvalue weighted by molar-refractivity contribution is -0.139. The van der Waals surface area contributed by atoms with Crippen LogP contribution in [-0.2, 0) is 20.8 Å². The molecule has 1 aromatic rings. The lowest BCUT2D eigenvalue weighted by atomic mass is 10.1. The summed E-state index contributed by atoms with van der Waals surface area (Å²) in [4.78, 5) is 40.8. The van der Waals surface area contributed by atoms with E-state index in [1.807, 2.05) is 35.2 Å². The zero-order valence-corrected chi connectivity index (χ0v) is 15.2. The van der Waals surface area contributed by atoms with E-state index < -0.39 is 6.04 Å². The van der Waals surface area contributed by atoms with Crippen LogP contribution in [0.3, 0.4) is 0 Å². The minimum atomic E-state index is -0.458. The van der Waals surface area contributed by atoms with Crippen molar-refractivity contribution >= 4 is 17.7 Å². The van der Waals surface area contributed by atoms with E-state index in [2.05, 4.69) is 5.32 Å². The molecular weight excluding hydrogens is 330 g/mol. The number of nitrogens with one attached hydrogen (secondary N) is 1. The van der Waals surface area contributed by atoms with Crippen molar-refractivity contribution in [2.75, 3.05) is 26.2 Å². The Bertz CT molecular complexity index is 641. The summed E-state index contributed by atoms with van der Waals surface area (Å²) < 4.78 is 0. The molecule has 2 aliphatic rings. The van der Waals surface area contributed by atoms with Crippen LogP contribution in [0.4, 0.5) is 0 Å². The van der Waals surface area contributed by atoms with Crippen LogP contribution < -0.4 is 5.32 Å². The second-order valence-corrected chi connectivity index (χ2v) is 7.07. The predicted octanol–water partition coefficient (Wildman–Crippen LogP) is 1.35. The zero-order chi connectivity index (χ0) is 18.4. The Kier molecular flexibility index (Phi) is 6.26. The number of nitrogens with zero attached hydrogens (tertiary/aromatic N) is 2. The SMILES string of the molecule is O=C(NCC(=O)N1CCCCC1)C1CCCN1C(=O)Cc1ccccc1. The fourth-order valence-corrected chi connectivity index (χ4v) is 3.75. The van der Waals surface area contributed by atoms with Crippen LogP contribution in [0.2, 0.25) is 0 Å². The second-order valence-electron chi connectivity index (χ2n) is 7.07. The molecule has 0 aromatic heterocycles. The molecule has 0 bridgehead atoms. The predicted molar refractivity (Wildman–Crippen MR) is 98.3 cm³/mol. The molecule has 1 atom stereocenters. The molecule has 0 aliphatic carbocycles. The molecule has 140 valence electrons. The molecule has 1 unspecified atom stereocenters. The van der Waals surface area contributed by atoms with Gasteiger partial charge in [0.15, 0.2) is 0 Å². The topological polar surface area (TPSA) is 69.7 Å². The molecule has 1 aromatic carbocycles. The number of benzene rings is 1. The van der Waals surface area contributed by atoms with Gasteiger partial charge in [-0.2, -0.15) is 0 Å². The zero-order valence-electron chi connectivity index (χ0n) is 15.2. The van der Waals surface area contributed by atoms with E-state index in [4.69, 9.17) is 0 Å². The van der Waals surface area contributed by atoms with Crippen LogP contribution in [0.25, 0.3) is 0 Å². The minimum Gasteiger partial charge on any atom is -0.345 e. The summed E-state index contributed by atoms with van der Waals surface area (Å²) in [6, 6.07) is 9.10. The number of amides is 3. The molecule has 3 amide bonds. The summed E-state index contributed by atoms with van der Waals surface area (Å²) in [6.45, 7) is 2.18. The first-order chi connectivity index (χ1) is 12.6. The highest BCUT2D eigenvalue weighted by Gasteiger charge is 2.34. The molecule has 0 radical (unpaired) electrons. The molecule has 26 heavy (non-hydrogen) atoms. The highest BCUT2D eigenvalue weighted by Crippen LogP contribution is 2.19. The molecule has 6 heteroatoms. The van der Waals surface area contributed by atoms with Gasteiger partial charge in [-0.1, -0.05) is 30.3 Å². The Hall–Kier alpha value is -2.37. The van der Waals surface area contributed by atoms with Crippen LogP contribution in [0.15, 0.2) is 30.3 Å². The molecule has 2 aliphatic heterocycles. The molecule has 0 saturated carbocycles. The Labute approximate surface area is 154 Å². The van der Waals surface area contributed by atoms with Gasteiger partial charge in [0.25, 0.3) is 0 Å². The number of hydrogen-bond acceptors (Lipinski definition) is 3. The monoisotopic (exact) mass is 357 g/mol. The van der Waals surface area contributed by atoms with Gasteiger partial charge >= 0.3 is 0 Å². The van der Waals surface area contributed by atoms with Crippen molar-refractivity contribution in [1.82, 2.24) is 15.1 Å². The van der Waals surface area contributed by atoms with Gasteiger partial charge in [-0.3, -0.25) is 14.4 Å². The third-order valence-electron chi connectivity index (χ3n) is 5.20. The molecule has 2 saturated heterocycles. The number of hydrogen-bond donors (Lipinski definition) is 1. The highest BCUT2D eigenvalue weighted by molar-refractivity contribution is 5.91. The summed E-state index contributed by atoms with van der Waals surface area (Å²) in [5, 5.41) is 2.75. The van der Waals surface area contributed by atoms with Gasteiger partial charge in [-0.15, -0.1) is 0 Å². The minimum absolute atomic E-state index is 0.0239. The van der Waals surface area contributed by atoms with Crippen molar-refractivity contribution in [2.24, 2.45) is 0 Å². The van der Waals surface area contributed by atoms with Gasteiger partial charge in [-0.05, 0) is 37.7 Å². The first kappa shape index (κ1) is 18.4. The standard InChI is InChI=1S/C20H27N3O3/c24-18(14-16-8-3-1-4-9-16)23-13-7-10-17(23)20(26)21-15-19(25)22-11-5-2-6-12-22/h1,3-4,8-9,17H,2,5-7,10-15H2,(H,21,26). The first-order valence-electron chi connectivity index (χ1n) is 9.54. The normalized spacial score (nSPS) is 20.1. The fourth-order valence-electron chi connectivity index (χ4n) is 3.75. The molecule has 0 spiro atoms. The molecule has 6 nitrogen and oxygen atoms in total. The maximum Gasteiger partial charge on any atom is 0.243 e. The van der Waals surface area contributed by atoms with Gasteiger partial charge < -0.3 is 15.1 Å². The Morgan fingerprint density at radius 2 is 1.65 bits per heavy atom. The van der Waals surface area contributed by atoms with Crippen molar-refractivity contribution in [3.05, 3.63) is 35.9 Å². The van der Waals surface area contributed by atoms with E-state index in [-0.39, 0.29) is 24.3 Å². The molecular formula is C20H27N3O3. The largest absolute Gasteiger partial charge is 0.345 e. The van der Waals surface area contributed by atoms with Crippen molar-refractivity contribution in [1.29, 1.82) is 0 Å². The number of piperidine rings is 1. The third kappa shape index (κ3) is 4.62. The lowest BCUT2D eigenvalue weighted by Crippen LogP contribution is -2.49. The lowest BCUT2D eigenvalue weighted by Gasteiger charge is -2.28. The number of carbonyl (C=O) groups excluding carboxylic acids is 3.